The second kappa shape index (κ2) is 6.03. The van der Waals surface area contributed by atoms with Crippen LogP contribution in [0.15, 0.2) is 39.9 Å². The predicted octanol–water partition coefficient (Wildman–Crippen LogP) is 0.549. The lowest BCUT2D eigenvalue weighted by atomic mass is 9.94. The van der Waals surface area contributed by atoms with Gasteiger partial charge in [0.15, 0.2) is 0 Å². The highest BCUT2D eigenvalue weighted by Gasteiger charge is 2.10. The lowest BCUT2D eigenvalue weighted by Crippen LogP contribution is -2.36. The second-order valence-electron chi connectivity index (χ2n) is 5.57. The monoisotopic (exact) mass is 285 g/mol. The maximum absolute atomic E-state index is 12.0. The van der Waals surface area contributed by atoms with Gasteiger partial charge in [0.2, 0.25) is 0 Å². The summed E-state index contributed by atoms with van der Waals surface area (Å²) in [6.45, 7) is 5.59. The van der Waals surface area contributed by atoms with Crippen LogP contribution >= 0.6 is 0 Å². The average Bonchev–Trinajstić information content (AvgIpc) is 2.37. The molecular formula is C15H20BN3O2. The molecule has 0 saturated heterocycles. The van der Waals surface area contributed by atoms with Crippen LogP contribution in [0.3, 0.4) is 0 Å². The molecule has 21 heavy (non-hydrogen) atoms. The standard InChI is InChI=1S/C15H20BN3O2/c1-9(2)19-14(20)8-13(18-15(19)21)17-10(3)11-4-6-12(16)7-5-11/h4-10,17H,16H2,1-3H3,(H,18,21)/t10-/m0/s1. The van der Waals surface area contributed by atoms with Gasteiger partial charge in [-0.1, -0.05) is 29.7 Å². The highest BCUT2D eigenvalue weighted by atomic mass is 16.2. The van der Waals surface area contributed by atoms with Gasteiger partial charge >= 0.3 is 5.69 Å². The summed E-state index contributed by atoms with van der Waals surface area (Å²) in [6, 6.07) is 9.38. The smallest absolute Gasteiger partial charge is 0.330 e. The normalized spacial score (nSPS) is 12.4. The van der Waals surface area contributed by atoms with Crippen LogP contribution in [0, 0.1) is 0 Å². The van der Waals surface area contributed by atoms with E-state index in [1.165, 1.54) is 16.1 Å². The van der Waals surface area contributed by atoms with Crippen LogP contribution < -0.4 is 22.0 Å². The van der Waals surface area contributed by atoms with Crippen LogP contribution in [-0.2, 0) is 0 Å². The van der Waals surface area contributed by atoms with E-state index >= 15 is 0 Å². The van der Waals surface area contributed by atoms with Crippen molar-refractivity contribution in [2.75, 3.05) is 5.32 Å². The summed E-state index contributed by atoms with van der Waals surface area (Å²) in [6.07, 6.45) is 0. The van der Waals surface area contributed by atoms with Gasteiger partial charge in [-0.3, -0.25) is 14.3 Å². The van der Waals surface area contributed by atoms with Crippen LogP contribution in [0.4, 0.5) is 5.82 Å². The molecule has 0 unspecified atom stereocenters. The summed E-state index contributed by atoms with van der Waals surface area (Å²) in [5, 5.41) is 3.16. The Kier molecular flexibility index (Phi) is 4.36. The van der Waals surface area contributed by atoms with Crippen LogP contribution in [-0.4, -0.2) is 17.4 Å². The minimum absolute atomic E-state index is 0.00412. The Morgan fingerprint density at radius 2 is 1.76 bits per heavy atom. The molecule has 0 aliphatic heterocycles. The second-order valence-corrected chi connectivity index (χ2v) is 5.57. The fraction of sp³-hybridized carbons (Fsp3) is 0.333. The highest BCUT2D eigenvalue weighted by molar-refractivity contribution is 6.32. The summed E-state index contributed by atoms with van der Waals surface area (Å²) in [7, 11) is 2.03. The van der Waals surface area contributed by atoms with Gasteiger partial charge in [-0.15, -0.1) is 0 Å². The largest absolute Gasteiger partial charge is 0.365 e. The SMILES string of the molecule is Bc1ccc([C@H](C)Nc2cc(=O)n(C(C)C)c(=O)[nH]2)cc1. The Morgan fingerprint density at radius 1 is 1.14 bits per heavy atom. The zero-order valence-corrected chi connectivity index (χ0v) is 12.8. The van der Waals surface area contributed by atoms with Crippen molar-refractivity contribution in [2.24, 2.45) is 0 Å². The maximum atomic E-state index is 12.0. The Hall–Kier alpha value is -2.24. The van der Waals surface area contributed by atoms with Crippen LogP contribution in [0.5, 0.6) is 0 Å². The molecule has 0 radical (unpaired) electrons. The van der Waals surface area contributed by atoms with Crippen molar-refractivity contribution in [1.29, 1.82) is 0 Å². The number of hydrogen-bond acceptors (Lipinski definition) is 3. The van der Waals surface area contributed by atoms with E-state index in [2.05, 4.69) is 10.3 Å². The van der Waals surface area contributed by atoms with E-state index in [0.29, 0.717) is 5.82 Å². The first-order valence-corrected chi connectivity index (χ1v) is 7.07. The van der Waals surface area contributed by atoms with Crippen LogP contribution in [0.1, 0.15) is 38.4 Å². The molecule has 0 fully saturated rings. The van der Waals surface area contributed by atoms with Gasteiger partial charge in [-0.05, 0) is 26.3 Å². The first-order chi connectivity index (χ1) is 9.88. The van der Waals surface area contributed by atoms with Gasteiger partial charge in [0.25, 0.3) is 5.56 Å². The average molecular weight is 285 g/mol. The molecule has 2 rings (SSSR count). The van der Waals surface area contributed by atoms with E-state index in [1.54, 1.807) is 13.8 Å². The van der Waals surface area contributed by atoms with Crippen LogP contribution in [0.25, 0.3) is 0 Å². The number of aromatic amines is 1. The molecule has 1 aromatic carbocycles. The van der Waals surface area contributed by atoms with Crippen LogP contribution in [0.2, 0.25) is 0 Å². The molecule has 0 aliphatic carbocycles. The van der Waals surface area contributed by atoms with Crippen molar-refractivity contribution in [1.82, 2.24) is 9.55 Å². The van der Waals surface area contributed by atoms with E-state index < -0.39 is 5.69 Å². The van der Waals surface area contributed by atoms with E-state index in [9.17, 15) is 9.59 Å². The third kappa shape index (κ3) is 3.45. The maximum Gasteiger partial charge on any atom is 0.330 e. The summed E-state index contributed by atoms with van der Waals surface area (Å²) in [5.74, 6) is 0.440. The minimum Gasteiger partial charge on any atom is -0.365 e. The number of nitrogens with one attached hydrogen (secondary N) is 2. The fourth-order valence-corrected chi connectivity index (χ4v) is 2.24. The summed E-state index contributed by atoms with van der Waals surface area (Å²) in [5.41, 5.74) is 1.59. The molecule has 0 spiro atoms. The van der Waals surface area contributed by atoms with Gasteiger partial charge in [-0.2, -0.15) is 0 Å². The van der Waals surface area contributed by atoms with Crippen molar-refractivity contribution in [3.05, 3.63) is 56.7 Å². The van der Waals surface area contributed by atoms with Crippen molar-refractivity contribution in [3.63, 3.8) is 0 Å². The number of aromatic nitrogens is 2. The van der Waals surface area contributed by atoms with Gasteiger partial charge in [0.1, 0.15) is 13.7 Å². The van der Waals surface area contributed by atoms with Crippen molar-refractivity contribution in [3.8, 4) is 0 Å². The number of anilines is 1. The van der Waals surface area contributed by atoms with Gasteiger partial charge in [0, 0.05) is 18.2 Å². The lowest BCUT2D eigenvalue weighted by Gasteiger charge is -2.16. The number of benzene rings is 1. The van der Waals surface area contributed by atoms with E-state index in [0.717, 1.165) is 5.56 Å². The first-order valence-electron chi connectivity index (χ1n) is 7.07. The van der Waals surface area contributed by atoms with Gasteiger partial charge in [0.05, 0.1) is 0 Å². The topological polar surface area (TPSA) is 66.9 Å². The van der Waals surface area contributed by atoms with Crippen molar-refractivity contribution in [2.45, 2.75) is 32.9 Å². The molecule has 1 atom stereocenters. The number of rotatable bonds is 4. The molecule has 0 bridgehead atoms. The zero-order valence-electron chi connectivity index (χ0n) is 12.8. The van der Waals surface area contributed by atoms with Crippen molar-refractivity contribution >= 4 is 19.1 Å². The van der Waals surface area contributed by atoms with Gasteiger partial charge < -0.3 is 5.32 Å². The quantitative estimate of drug-likeness (QED) is 0.806. The minimum atomic E-state index is -0.392. The molecule has 0 amide bonds. The van der Waals surface area contributed by atoms with Gasteiger partial charge in [-0.25, -0.2) is 4.79 Å². The molecule has 5 nitrogen and oxygen atoms in total. The summed E-state index contributed by atoms with van der Waals surface area (Å²) >= 11 is 0. The van der Waals surface area contributed by atoms with Crippen molar-refractivity contribution < 1.29 is 0 Å². The lowest BCUT2D eigenvalue weighted by molar-refractivity contribution is 0.546. The molecular weight excluding hydrogens is 265 g/mol. The number of nitrogens with zero attached hydrogens (tertiary/aromatic N) is 1. The molecule has 1 heterocycles. The summed E-state index contributed by atoms with van der Waals surface area (Å²) in [4.78, 5) is 26.6. The molecule has 2 aromatic rings. The Balaban J connectivity index is 2.26. The molecule has 0 saturated carbocycles. The van der Waals surface area contributed by atoms with E-state index in [1.807, 2.05) is 39.0 Å². The van der Waals surface area contributed by atoms with E-state index in [4.69, 9.17) is 0 Å². The molecule has 1 aromatic heterocycles. The predicted molar refractivity (Wildman–Crippen MR) is 88.4 cm³/mol. The highest BCUT2D eigenvalue weighted by Crippen LogP contribution is 2.15. The molecule has 110 valence electrons. The number of hydrogen-bond donors (Lipinski definition) is 2. The fourth-order valence-electron chi connectivity index (χ4n) is 2.24. The first kappa shape index (κ1) is 15.2. The molecule has 6 heteroatoms. The number of H-pyrrole nitrogens is 1. The zero-order chi connectivity index (χ0) is 15.6. The Labute approximate surface area is 124 Å². The van der Waals surface area contributed by atoms with E-state index in [-0.39, 0.29) is 17.6 Å². The Bertz CT molecular complexity index is 701. The Morgan fingerprint density at radius 3 is 2.29 bits per heavy atom. The molecule has 2 N–H and O–H groups in total. The third-order valence-corrected chi connectivity index (χ3v) is 3.43. The summed E-state index contributed by atoms with van der Waals surface area (Å²) < 4.78 is 1.20. The third-order valence-electron chi connectivity index (χ3n) is 3.43. The molecule has 0 aliphatic rings.